The van der Waals surface area contributed by atoms with E-state index in [2.05, 4.69) is 26.2 Å². The third-order valence-electron chi connectivity index (χ3n) is 2.37. The second-order valence-electron chi connectivity index (χ2n) is 3.84. The first kappa shape index (κ1) is 12.6. The second kappa shape index (κ2) is 5.18. The molecular weight excluding hydrogens is 296 g/mol. The van der Waals surface area contributed by atoms with E-state index < -0.39 is 0 Å². The lowest BCUT2D eigenvalue weighted by molar-refractivity contribution is 0.102. The van der Waals surface area contributed by atoms with Crippen LogP contribution < -0.4 is 5.32 Å². The van der Waals surface area contributed by atoms with Gasteiger partial charge in [-0.05, 0) is 47.1 Å². The second-order valence-corrected chi connectivity index (χ2v) is 4.75. The van der Waals surface area contributed by atoms with Gasteiger partial charge in [0.2, 0.25) is 0 Å². The Morgan fingerprint density at radius 1 is 1.33 bits per heavy atom. The number of aryl methyl sites for hydroxylation is 1. The summed E-state index contributed by atoms with van der Waals surface area (Å²) in [7, 11) is 0. The Morgan fingerprint density at radius 3 is 2.78 bits per heavy atom. The van der Waals surface area contributed by atoms with Crippen LogP contribution in [-0.2, 0) is 0 Å². The SMILES string of the molecule is Cc1ccc(O)c(C(=O)Nc2ccc(Br)cn2)c1. The van der Waals surface area contributed by atoms with E-state index in [1.807, 2.05) is 6.92 Å². The summed E-state index contributed by atoms with van der Waals surface area (Å²) >= 11 is 3.26. The number of rotatable bonds is 2. The van der Waals surface area contributed by atoms with Crippen LogP contribution in [-0.4, -0.2) is 16.0 Å². The fraction of sp³-hybridized carbons (Fsp3) is 0.0769. The molecule has 1 heterocycles. The summed E-state index contributed by atoms with van der Waals surface area (Å²) in [4.78, 5) is 16.0. The average molecular weight is 307 g/mol. The Morgan fingerprint density at radius 2 is 2.11 bits per heavy atom. The summed E-state index contributed by atoms with van der Waals surface area (Å²) in [5.41, 5.74) is 1.14. The van der Waals surface area contributed by atoms with E-state index >= 15 is 0 Å². The highest BCUT2D eigenvalue weighted by molar-refractivity contribution is 9.10. The summed E-state index contributed by atoms with van der Waals surface area (Å²) in [6.07, 6.45) is 1.59. The van der Waals surface area contributed by atoms with Crippen LogP contribution in [0.2, 0.25) is 0 Å². The molecule has 2 N–H and O–H groups in total. The van der Waals surface area contributed by atoms with Crippen LogP contribution >= 0.6 is 15.9 Å². The van der Waals surface area contributed by atoms with E-state index in [0.29, 0.717) is 5.82 Å². The minimum absolute atomic E-state index is 0.0461. The predicted octanol–water partition coefficient (Wildman–Crippen LogP) is 3.11. The smallest absolute Gasteiger partial charge is 0.260 e. The number of phenols is 1. The van der Waals surface area contributed by atoms with E-state index in [4.69, 9.17) is 0 Å². The molecule has 92 valence electrons. The van der Waals surface area contributed by atoms with Gasteiger partial charge < -0.3 is 10.4 Å². The molecule has 2 aromatic rings. The normalized spacial score (nSPS) is 10.1. The van der Waals surface area contributed by atoms with Crippen LogP contribution in [0.1, 0.15) is 15.9 Å². The standard InChI is InChI=1S/C13H11BrN2O2/c1-8-2-4-11(17)10(6-8)13(18)16-12-5-3-9(14)7-15-12/h2-7,17H,1H3,(H,15,16,18). The van der Waals surface area contributed by atoms with Gasteiger partial charge in [0.05, 0.1) is 5.56 Å². The number of halogens is 1. The van der Waals surface area contributed by atoms with Gasteiger partial charge in [-0.15, -0.1) is 0 Å². The van der Waals surface area contributed by atoms with Gasteiger partial charge in [0.15, 0.2) is 0 Å². The molecular formula is C13H11BrN2O2. The molecule has 0 saturated heterocycles. The lowest BCUT2D eigenvalue weighted by Gasteiger charge is -2.07. The Kier molecular flexibility index (Phi) is 3.62. The number of benzene rings is 1. The van der Waals surface area contributed by atoms with Crippen LogP contribution in [0.5, 0.6) is 5.75 Å². The third kappa shape index (κ3) is 2.87. The first-order valence-electron chi connectivity index (χ1n) is 5.29. The van der Waals surface area contributed by atoms with Gasteiger partial charge in [0.1, 0.15) is 11.6 Å². The van der Waals surface area contributed by atoms with Crippen LogP contribution in [0.15, 0.2) is 41.0 Å². The summed E-state index contributed by atoms with van der Waals surface area (Å²) in [6, 6.07) is 8.32. The molecule has 0 aliphatic rings. The van der Waals surface area contributed by atoms with Crippen molar-refractivity contribution >= 4 is 27.7 Å². The number of carbonyl (C=O) groups is 1. The maximum Gasteiger partial charge on any atom is 0.260 e. The highest BCUT2D eigenvalue weighted by atomic mass is 79.9. The molecule has 0 bridgehead atoms. The molecule has 0 spiro atoms. The molecule has 18 heavy (non-hydrogen) atoms. The van der Waals surface area contributed by atoms with E-state index in [1.165, 1.54) is 6.07 Å². The number of anilines is 1. The Bertz CT molecular complexity index is 582. The molecule has 2 rings (SSSR count). The van der Waals surface area contributed by atoms with Crippen molar-refractivity contribution < 1.29 is 9.90 Å². The Labute approximate surface area is 113 Å². The molecule has 1 aromatic carbocycles. The fourth-order valence-electron chi connectivity index (χ4n) is 1.47. The number of phenolic OH excluding ortho intramolecular Hbond substituents is 1. The monoisotopic (exact) mass is 306 g/mol. The maximum absolute atomic E-state index is 11.9. The zero-order valence-corrected chi connectivity index (χ0v) is 11.2. The van der Waals surface area contributed by atoms with Gasteiger partial charge in [0.25, 0.3) is 5.91 Å². The predicted molar refractivity (Wildman–Crippen MR) is 72.7 cm³/mol. The highest BCUT2D eigenvalue weighted by Crippen LogP contribution is 2.19. The molecule has 0 saturated carbocycles. The van der Waals surface area contributed by atoms with E-state index in [-0.39, 0.29) is 17.2 Å². The zero-order chi connectivity index (χ0) is 13.1. The van der Waals surface area contributed by atoms with Crippen LogP contribution in [0.25, 0.3) is 0 Å². The van der Waals surface area contributed by atoms with Crippen molar-refractivity contribution in [3.8, 4) is 5.75 Å². The van der Waals surface area contributed by atoms with Gasteiger partial charge >= 0.3 is 0 Å². The topological polar surface area (TPSA) is 62.2 Å². The van der Waals surface area contributed by atoms with Crippen LogP contribution in [0.3, 0.4) is 0 Å². The first-order valence-corrected chi connectivity index (χ1v) is 6.08. The van der Waals surface area contributed by atoms with E-state index in [0.717, 1.165) is 10.0 Å². The maximum atomic E-state index is 11.9. The van der Waals surface area contributed by atoms with Crippen molar-refractivity contribution in [2.75, 3.05) is 5.32 Å². The van der Waals surface area contributed by atoms with Crippen molar-refractivity contribution in [3.05, 3.63) is 52.1 Å². The van der Waals surface area contributed by atoms with Crippen molar-refractivity contribution in [2.24, 2.45) is 0 Å². The third-order valence-corrected chi connectivity index (χ3v) is 2.83. The molecule has 0 atom stereocenters. The Hall–Kier alpha value is -1.88. The number of aromatic nitrogens is 1. The molecule has 0 fully saturated rings. The van der Waals surface area contributed by atoms with Gasteiger partial charge in [0, 0.05) is 10.7 Å². The molecule has 1 amide bonds. The number of pyridine rings is 1. The van der Waals surface area contributed by atoms with E-state index in [1.54, 1.807) is 30.5 Å². The van der Waals surface area contributed by atoms with Gasteiger partial charge in [-0.25, -0.2) is 4.98 Å². The summed E-state index contributed by atoms with van der Waals surface area (Å²) in [5.74, 6) is 0.00494. The number of carbonyl (C=O) groups excluding carboxylic acids is 1. The minimum Gasteiger partial charge on any atom is -0.507 e. The molecule has 0 aliphatic carbocycles. The first-order chi connectivity index (χ1) is 8.56. The average Bonchev–Trinajstić information content (AvgIpc) is 2.35. The summed E-state index contributed by atoms with van der Waals surface area (Å²) < 4.78 is 0.832. The molecule has 0 aliphatic heterocycles. The van der Waals surface area contributed by atoms with Crippen molar-refractivity contribution in [3.63, 3.8) is 0 Å². The Balaban J connectivity index is 2.21. The number of amides is 1. The van der Waals surface area contributed by atoms with Crippen molar-refractivity contribution in [1.29, 1.82) is 0 Å². The molecule has 0 unspecified atom stereocenters. The number of hydrogen-bond donors (Lipinski definition) is 2. The molecule has 4 nitrogen and oxygen atoms in total. The number of hydrogen-bond acceptors (Lipinski definition) is 3. The number of nitrogens with one attached hydrogen (secondary N) is 1. The van der Waals surface area contributed by atoms with Crippen molar-refractivity contribution in [1.82, 2.24) is 4.98 Å². The van der Waals surface area contributed by atoms with Gasteiger partial charge in [-0.3, -0.25) is 4.79 Å². The van der Waals surface area contributed by atoms with Crippen LogP contribution in [0.4, 0.5) is 5.82 Å². The lowest BCUT2D eigenvalue weighted by atomic mass is 10.1. The molecule has 5 heteroatoms. The van der Waals surface area contributed by atoms with E-state index in [9.17, 15) is 9.90 Å². The quantitative estimate of drug-likeness (QED) is 0.896. The van der Waals surface area contributed by atoms with Gasteiger partial charge in [-0.2, -0.15) is 0 Å². The largest absolute Gasteiger partial charge is 0.507 e. The lowest BCUT2D eigenvalue weighted by Crippen LogP contribution is -2.13. The minimum atomic E-state index is -0.383. The van der Waals surface area contributed by atoms with Crippen molar-refractivity contribution in [2.45, 2.75) is 6.92 Å². The van der Waals surface area contributed by atoms with Gasteiger partial charge in [-0.1, -0.05) is 11.6 Å². The molecule has 0 radical (unpaired) electrons. The molecule has 1 aromatic heterocycles. The number of aromatic hydroxyl groups is 1. The summed E-state index contributed by atoms with van der Waals surface area (Å²) in [6.45, 7) is 1.86. The zero-order valence-electron chi connectivity index (χ0n) is 9.64. The number of nitrogens with zero attached hydrogens (tertiary/aromatic N) is 1. The van der Waals surface area contributed by atoms with Crippen LogP contribution in [0, 0.1) is 6.92 Å². The highest BCUT2D eigenvalue weighted by Gasteiger charge is 2.11. The summed E-state index contributed by atoms with van der Waals surface area (Å²) in [5, 5.41) is 12.3. The fourth-order valence-corrected chi connectivity index (χ4v) is 1.70.